The minimum absolute atomic E-state index is 0.0345. The largest absolute Gasteiger partial charge is 0.342 e. The molecular formula is C23H27N3O2S2. The van der Waals surface area contributed by atoms with E-state index in [1.165, 1.54) is 35.9 Å². The molecule has 5 nitrogen and oxygen atoms in total. The van der Waals surface area contributed by atoms with Crippen LogP contribution >= 0.6 is 23.1 Å². The molecule has 3 aromatic rings. The van der Waals surface area contributed by atoms with Crippen molar-refractivity contribution in [3.63, 3.8) is 0 Å². The predicted molar refractivity (Wildman–Crippen MR) is 124 cm³/mol. The number of aryl methyl sites for hydroxylation is 1. The fourth-order valence-corrected chi connectivity index (χ4v) is 5.68. The molecule has 0 N–H and O–H groups in total. The van der Waals surface area contributed by atoms with Crippen LogP contribution in [0.1, 0.15) is 37.0 Å². The highest BCUT2D eigenvalue weighted by Crippen LogP contribution is 2.24. The van der Waals surface area contributed by atoms with Gasteiger partial charge < -0.3 is 4.90 Å². The molecule has 0 atom stereocenters. The lowest BCUT2D eigenvalue weighted by molar-refractivity contribution is -0.129. The fourth-order valence-electron chi connectivity index (χ4n) is 4.03. The molecule has 1 aliphatic carbocycles. The van der Waals surface area contributed by atoms with Gasteiger partial charge in [0.15, 0.2) is 5.16 Å². The van der Waals surface area contributed by atoms with Crippen molar-refractivity contribution in [3.05, 3.63) is 57.0 Å². The molecule has 7 heteroatoms. The normalized spacial score (nSPS) is 14.8. The average molecular weight is 442 g/mol. The molecule has 1 fully saturated rings. The summed E-state index contributed by atoms with van der Waals surface area (Å²) in [6.07, 6.45) is 6.62. The lowest BCUT2D eigenvalue weighted by atomic mass is 9.94. The molecule has 0 bridgehead atoms. The zero-order chi connectivity index (χ0) is 20.9. The van der Waals surface area contributed by atoms with Gasteiger partial charge >= 0.3 is 0 Å². The summed E-state index contributed by atoms with van der Waals surface area (Å²) in [6, 6.07) is 11.9. The predicted octanol–water partition coefficient (Wildman–Crippen LogP) is 4.58. The molecule has 1 aromatic carbocycles. The van der Waals surface area contributed by atoms with E-state index in [1.54, 1.807) is 15.9 Å². The quantitative estimate of drug-likeness (QED) is 0.398. The number of thioether (sulfide) groups is 1. The Morgan fingerprint density at radius 2 is 2.00 bits per heavy atom. The van der Waals surface area contributed by atoms with Gasteiger partial charge in [-0.3, -0.25) is 14.2 Å². The number of aromatic nitrogens is 2. The van der Waals surface area contributed by atoms with Gasteiger partial charge in [-0.25, -0.2) is 4.98 Å². The molecule has 2 aromatic heterocycles. The summed E-state index contributed by atoms with van der Waals surface area (Å²) < 4.78 is 1.74. The zero-order valence-corrected chi connectivity index (χ0v) is 18.9. The summed E-state index contributed by atoms with van der Waals surface area (Å²) in [5, 5.41) is 3.30. The maximum Gasteiger partial charge on any atom is 0.262 e. The van der Waals surface area contributed by atoms with Gasteiger partial charge in [-0.15, -0.1) is 11.3 Å². The van der Waals surface area contributed by atoms with E-state index in [0.29, 0.717) is 34.4 Å². The first-order valence-electron chi connectivity index (χ1n) is 10.5. The molecule has 1 amide bonds. The summed E-state index contributed by atoms with van der Waals surface area (Å²) >= 11 is 3.07. The SMILES string of the molecule is CN(C(=O)CSc1nc2ccccc2c(=O)n1CCc1cccs1)C1CCCCC1. The van der Waals surface area contributed by atoms with Gasteiger partial charge in [0.1, 0.15) is 0 Å². The number of benzene rings is 1. The second-order valence-corrected chi connectivity index (χ2v) is 9.76. The molecule has 2 heterocycles. The minimum atomic E-state index is -0.0345. The van der Waals surface area contributed by atoms with Gasteiger partial charge in [0.25, 0.3) is 5.56 Å². The Labute approximate surface area is 185 Å². The van der Waals surface area contributed by atoms with E-state index in [0.717, 1.165) is 19.3 Å². The molecule has 0 saturated heterocycles. The van der Waals surface area contributed by atoms with Crippen LogP contribution in [0.4, 0.5) is 0 Å². The lowest BCUT2D eigenvalue weighted by Gasteiger charge is -2.31. The van der Waals surface area contributed by atoms with E-state index in [1.807, 2.05) is 47.7 Å². The lowest BCUT2D eigenvalue weighted by Crippen LogP contribution is -2.39. The number of hydrogen-bond donors (Lipinski definition) is 0. The minimum Gasteiger partial charge on any atom is -0.342 e. The third kappa shape index (κ3) is 4.78. The second-order valence-electron chi connectivity index (χ2n) is 7.78. The number of fused-ring (bicyclic) bond motifs is 1. The molecule has 30 heavy (non-hydrogen) atoms. The Morgan fingerprint density at radius 1 is 1.20 bits per heavy atom. The zero-order valence-electron chi connectivity index (χ0n) is 17.3. The Bertz CT molecular complexity index is 1060. The van der Waals surface area contributed by atoms with Crippen LogP contribution < -0.4 is 5.56 Å². The van der Waals surface area contributed by atoms with E-state index >= 15 is 0 Å². The molecule has 0 radical (unpaired) electrons. The number of carbonyl (C=O) groups excluding carboxylic acids is 1. The maximum atomic E-state index is 13.2. The molecule has 0 unspecified atom stereocenters. The Hall–Kier alpha value is -2.12. The number of rotatable bonds is 7. The van der Waals surface area contributed by atoms with Crippen LogP contribution in [0.5, 0.6) is 0 Å². The fraction of sp³-hybridized carbons (Fsp3) is 0.435. The van der Waals surface area contributed by atoms with Crippen LogP contribution in [-0.2, 0) is 17.8 Å². The second kappa shape index (κ2) is 9.79. The summed E-state index contributed by atoms with van der Waals surface area (Å²) in [5.74, 6) is 0.413. The smallest absolute Gasteiger partial charge is 0.262 e. The number of carbonyl (C=O) groups is 1. The highest BCUT2D eigenvalue weighted by atomic mass is 32.2. The third-order valence-electron chi connectivity index (χ3n) is 5.83. The number of para-hydroxylation sites is 1. The van der Waals surface area contributed by atoms with Crippen LogP contribution in [0.3, 0.4) is 0 Å². The first-order chi connectivity index (χ1) is 14.6. The van der Waals surface area contributed by atoms with Crippen molar-refractivity contribution in [1.82, 2.24) is 14.5 Å². The molecule has 1 aliphatic rings. The maximum absolute atomic E-state index is 13.2. The van der Waals surface area contributed by atoms with Crippen LogP contribution in [-0.4, -0.2) is 39.2 Å². The van der Waals surface area contributed by atoms with Gasteiger partial charge in [-0.1, -0.05) is 49.2 Å². The number of hydrogen-bond acceptors (Lipinski definition) is 5. The van der Waals surface area contributed by atoms with Gasteiger partial charge in [-0.2, -0.15) is 0 Å². The number of amides is 1. The van der Waals surface area contributed by atoms with Gasteiger partial charge in [0, 0.05) is 24.5 Å². The molecule has 158 valence electrons. The van der Waals surface area contributed by atoms with Crippen molar-refractivity contribution in [2.24, 2.45) is 0 Å². The molecular weight excluding hydrogens is 414 g/mol. The van der Waals surface area contributed by atoms with Crippen molar-refractivity contribution in [3.8, 4) is 0 Å². The van der Waals surface area contributed by atoms with Crippen LogP contribution in [0.15, 0.2) is 51.7 Å². The Morgan fingerprint density at radius 3 is 2.77 bits per heavy atom. The highest BCUT2D eigenvalue weighted by Gasteiger charge is 2.22. The first kappa shape index (κ1) is 21.1. The summed E-state index contributed by atoms with van der Waals surface area (Å²) in [7, 11) is 1.91. The van der Waals surface area contributed by atoms with E-state index in [2.05, 4.69) is 6.07 Å². The number of thiophene rings is 1. The molecule has 0 spiro atoms. The first-order valence-corrected chi connectivity index (χ1v) is 12.4. The highest BCUT2D eigenvalue weighted by molar-refractivity contribution is 7.99. The monoisotopic (exact) mass is 441 g/mol. The Balaban J connectivity index is 1.54. The van der Waals surface area contributed by atoms with E-state index in [9.17, 15) is 9.59 Å². The summed E-state index contributed by atoms with van der Waals surface area (Å²) in [5.41, 5.74) is 0.651. The molecule has 0 aliphatic heterocycles. The van der Waals surface area contributed by atoms with Crippen molar-refractivity contribution >= 4 is 39.9 Å². The average Bonchev–Trinajstić information content (AvgIpc) is 3.31. The van der Waals surface area contributed by atoms with Crippen molar-refractivity contribution < 1.29 is 4.79 Å². The van der Waals surface area contributed by atoms with Gasteiger partial charge in [0.05, 0.1) is 16.7 Å². The van der Waals surface area contributed by atoms with Crippen LogP contribution in [0.25, 0.3) is 10.9 Å². The standard InChI is InChI=1S/C23H27N3O2S2/c1-25(17-8-3-2-4-9-17)21(27)16-30-23-24-20-12-6-5-11-19(20)22(28)26(23)14-13-18-10-7-15-29-18/h5-7,10-12,15,17H,2-4,8-9,13-14,16H2,1H3. The van der Waals surface area contributed by atoms with Crippen molar-refractivity contribution in [2.75, 3.05) is 12.8 Å². The van der Waals surface area contributed by atoms with E-state index in [-0.39, 0.29) is 11.5 Å². The van der Waals surface area contributed by atoms with E-state index in [4.69, 9.17) is 4.98 Å². The molecule has 1 saturated carbocycles. The summed E-state index contributed by atoms with van der Waals surface area (Å²) in [6.45, 7) is 0.562. The van der Waals surface area contributed by atoms with Crippen LogP contribution in [0, 0.1) is 0 Å². The van der Waals surface area contributed by atoms with Crippen LogP contribution in [0.2, 0.25) is 0 Å². The summed E-state index contributed by atoms with van der Waals surface area (Å²) in [4.78, 5) is 33.8. The Kier molecular flexibility index (Phi) is 6.89. The van der Waals surface area contributed by atoms with Gasteiger partial charge in [0.2, 0.25) is 5.91 Å². The van der Waals surface area contributed by atoms with Crippen molar-refractivity contribution in [1.29, 1.82) is 0 Å². The van der Waals surface area contributed by atoms with Crippen molar-refractivity contribution in [2.45, 2.75) is 56.3 Å². The third-order valence-corrected chi connectivity index (χ3v) is 7.73. The van der Waals surface area contributed by atoms with E-state index < -0.39 is 0 Å². The topological polar surface area (TPSA) is 55.2 Å². The number of nitrogens with zero attached hydrogens (tertiary/aromatic N) is 3. The molecule has 4 rings (SSSR count). The van der Waals surface area contributed by atoms with Gasteiger partial charge in [-0.05, 0) is 42.8 Å².